The van der Waals surface area contributed by atoms with Crippen LogP contribution in [0.5, 0.6) is 5.88 Å². The first-order valence-electron chi connectivity index (χ1n) is 11.3. The number of thioether (sulfide) groups is 1. The van der Waals surface area contributed by atoms with E-state index in [0.717, 1.165) is 23.1 Å². The summed E-state index contributed by atoms with van der Waals surface area (Å²) in [5, 5.41) is 3.47. The first-order chi connectivity index (χ1) is 16.4. The van der Waals surface area contributed by atoms with Crippen LogP contribution in [0.1, 0.15) is 38.2 Å². The van der Waals surface area contributed by atoms with Crippen LogP contribution in [0.2, 0.25) is 0 Å². The van der Waals surface area contributed by atoms with Gasteiger partial charge in [-0.2, -0.15) is 0 Å². The van der Waals surface area contributed by atoms with Crippen molar-refractivity contribution in [1.29, 1.82) is 0 Å². The molecule has 1 aliphatic carbocycles. The zero-order valence-corrected chi connectivity index (χ0v) is 20.2. The third-order valence-electron chi connectivity index (χ3n) is 6.81. The Morgan fingerprint density at radius 2 is 1.97 bits per heavy atom. The molecule has 2 heterocycles. The molecule has 0 saturated heterocycles. The van der Waals surface area contributed by atoms with Crippen LogP contribution in [0, 0.1) is 25.6 Å². The minimum atomic E-state index is -0.863. The monoisotopic (exact) mass is 475 g/mol. The number of methoxy groups -OCH3 is 1. The molecule has 2 aromatic carbocycles. The Morgan fingerprint density at radius 1 is 1.18 bits per heavy atom. The molecule has 0 unspecified atom stereocenters. The Balaban J connectivity index is 1.63. The number of hydrogen-bond donors (Lipinski definition) is 1. The van der Waals surface area contributed by atoms with E-state index in [1.807, 2.05) is 43.5 Å². The molecule has 5 nitrogen and oxygen atoms in total. The Bertz CT molecular complexity index is 1290. The molecule has 1 amide bonds. The Labute approximate surface area is 202 Å². The number of aliphatic imine (C=N–C) groups is 1. The number of benzene rings is 2. The van der Waals surface area contributed by atoms with Crippen molar-refractivity contribution in [3.05, 3.63) is 93.9 Å². The van der Waals surface area contributed by atoms with Gasteiger partial charge in [-0.25, -0.2) is 14.4 Å². The predicted octanol–water partition coefficient (Wildman–Crippen LogP) is 4.99. The Kier molecular flexibility index (Phi) is 5.90. The van der Waals surface area contributed by atoms with E-state index in [9.17, 15) is 4.79 Å². The highest BCUT2D eigenvalue weighted by molar-refractivity contribution is 8.13. The molecule has 2 atom stereocenters. The molecule has 5 rings (SSSR count). The number of rotatable bonds is 3. The van der Waals surface area contributed by atoms with Crippen LogP contribution in [0.25, 0.3) is 0 Å². The third kappa shape index (κ3) is 3.88. The summed E-state index contributed by atoms with van der Waals surface area (Å²) in [4.78, 5) is 22.4. The number of amidine groups is 1. The van der Waals surface area contributed by atoms with E-state index < -0.39 is 5.54 Å². The maximum absolute atomic E-state index is 15.5. The standard InChI is InChI=1S/C27H26FN3O2S/c1-16-9-10-22(23(28)11-16)27-13-21-20(17(2)14-29-25(21)33-3)12-19(27)15-34-26(31-27)30-24(32)18-7-5-4-6-8-18/h4-11,14,19H,12-13,15H2,1-3H3,(H,30,31,32)/t19-,27-/m0/s1. The van der Waals surface area contributed by atoms with Crippen LogP contribution in [0.4, 0.5) is 4.39 Å². The van der Waals surface area contributed by atoms with Crippen molar-refractivity contribution in [3.63, 3.8) is 0 Å². The number of fused-ring (bicyclic) bond motifs is 2. The number of ether oxygens (including phenoxy) is 1. The maximum Gasteiger partial charge on any atom is 0.257 e. The van der Waals surface area contributed by atoms with E-state index in [0.29, 0.717) is 34.3 Å². The molecular weight excluding hydrogens is 449 g/mol. The van der Waals surface area contributed by atoms with Crippen molar-refractivity contribution < 1.29 is 13.9 Å². The first-order valence-corrected chi connectivity index (χ1v) is 12.3. The van der Waals surface area contributed by atoms with Gasteiger partial charge in [0.05, 0.1) is 12.6 Å². The molecule has 0 radical (unpaired) electrons. The lowest BCUT2D eigenvalue weighted by Crippen LogP contribution is -2.48. The average molecular weight is 476 g/mol. The largest absolute Gasteiger partial charge is 0.481 e. The summed E-state index contributed by atoms with van der Waals surface area (Å²) in [5.74, 6) is 0.818. The van der Waals surface area contributed by atoms with E-state index in [2.05, 4.69) is 17.2 Å². The minimum Gasteiger partial charge on any atom is -0.481 e. The van der Waals surface area contributed by atoms with Crippen LogP contribution in [0.3, 0.4) is 0 Å². The average Bonchev–Trinajstić information content (AvgIpc) is 2.83. The van der Waals surface area contributed by atoms with Crippen LogP contribution in [0.15, 0.2) is 59.7 Å². The fourth-order valence-electron chi connectivity index (χ4n) is 5.04. The summed E-state index contributed by atoms with van der Waals surface area (Å²) < 4.78 is 21.1. The predicted molar refractivity (Wildman–Crippen MR) is 133 cm³/mol. The van der Waals surface area contributed by atoms with E-state index >= 15 is 4.39 Å². The molecule has 0 spiro atoms. The zero-order valence-electron chi connectivity index (χ0n) is 19.4. The molecule has 0 bridgehead atoms. The molecule has 1 N–H and O–H groups in total. The van der Waals surface area contributed by atoms with Gasteiger partial charge in [0.1, 0.15) is 5.82 Å². The van der Waals surface area contributed by atoms with Crippen LogP contribution in [-0.2, 0) is 18.4 Å². The molecule has 3 aromatic rings. The van der Waals surface area contributed by atoms with Gasteiger partial charge in [-0.05, 0) is 55.2 Å². The number of carbonyl (C=O) groups excluding carboxylic acids is 1. The van der Waals surface area contributed by atoms with Crippen LogP contribution >= 0.6 is 11.8 Å². The second-order valence-electron chi connectivity index (χ2n) is 8.94. The van der Waals surface area contributed by atoms with Crippen molar-refractivity contribution in [1.82, 2.24) is 10.3 Å². The molecule has 7 heteroatoms. The Morgan fingerprint density at radius 3 is 2.71 bits per heavy atom. The van der Waals surface area contributed by atoms with Gasteiger partial charge < -0.3 is 10.1 Å². The van der Waals surface area contributed by atoms with Gasteiger partial charge in [0.15, 0.2) is 5.17 Å². The van der Waals surface area contributed by atoms with Gasteiger partial charge in [0.25, 0.3) is 5.91 Å². The number of aryl methyl sites for hydroxylation is 2. The summed E-state index contributed by atoms with van der Waals surface area (Å²) >= 11 is 1.51. The lowest BCUT2D eigenvalue weighted by molar-refractivity contribution is 0.0977. The van der Waals surface area contributed by atoms with Gasteiger partial charge in [0, 0.05) is 41.0 Å². The number of aromatic nitrogens is 1. The van der Waals surface area contributed by atoms with Crippen molar-refractivity contribution in [2.45, 2.75) is 32.2 Å². The summed E-state index contributed by atoms with van der Waals surface area (Å²) in [7, 11) is 1.61. The van der Waals surface area contributed by atoms with Crippen molar-refractivity contribution in [2.24, 2.45) is 10.9 Å². The highest BCUT2D eigenvalue weighted by atomic mass is 32.2. The highest BCUT2D eigenvalue weighted by Gasteiger charge is 2.49. The van der Waals surface area contributed by atoms with Gasteiger partial charge in [0.2, 0.25) is 5.88 Å². The molecule has 34 heavy (non-hydrogen) atoms. The van der Waals surface area contributed by atoms with Gasteiger partial charge in [-0.15, -0.1) is 0 Å². The summed E-state index contributed by atoms with van der Waals surface area (Å²) in [6, 6.07) is 14.4. The van der Waals surface area contributed by atoms with Crippen molar-refractivity contribution in [2.75, 3.05) is 12.9 Å². The van der Waals surface area contributed by atoms with Gasteiger partial charge in [-0.3, -0.25) is 4.79 Å². The molecular formula is C27H26FN3O2S. The topological polar surface area (TPSA) is 63.6 Å². The molecule has 0 fully saturated rings. The number of halogens is 1. The van der Waals surface area contributed by atoms with Gasteiger partial charge in [-0.1, -0.05) is 42.1 Å². The van der Waals surface area contributed by atoms with E-state index in [4.69, 9.17) is 9.73 Å². The number of amides is 1. The SMILES string of the molecule is COc1ncc(C)c2c1C[C@]1(c3ccc(C)cc3F)N=C(NC(=O)c3ccccc3)SC[C@@H]1C2. The van der Waals surface area contributed by atoms with E-state index in [-0.39, 0.29) is 17.6 Å². The van der Waals surface area contributed by atoms with Crippen molar-refractivity contribution >= 4 is 22.8 Å². The molecule has 174 valence electrons. The number of carbonyl (C=O) groups is 1. The third-order valence-corrected chi connectivity index (χ3v) is 7.84. The van der Waals surface area contributed by atoms with Crippen molar-refractivity contribution in [3.8, 4) is 5.88 Å². The van der Waals surface area contributed by atoms with E-state index in [1.165, 1.54) is 17.3 Å². The number of nitrogens with zero attached hydrogens (tertiary/aromatic N) is 2. The summed E-state index contributed by atoms with van der Waals surface area (Å²) in [6.07, 6.45) is 3.03. The normalized spacial score (nSPS) is 21.2. The minimum absolute atomic E-state index is 0.0605. The second kappa shape index (κ2) is 8.87. The quantitative estimate of drug-likeness (QED) is 0.580. The Hall–Kier alpha value is -3.19. The van der Waals surface area contributed by atoms with Gasteiger partial charge >= 0.3 is 0 Å². The molecule has 2 aliphatic rings. The number of nitrogens with one attached hydrogen (secondary N) is 1. The molecule has 0 saturated carbocycles. The molecule has 1 aromatic heterocycles. The maximum atomic E-state index is 15.5. The first kappa shape index (κ1) is 22.6. The summed E-state index contributed by atoms with van der Waals surface area (Å²) in [6.45, 7) is 3.93. The number of hydrogen-bond acceptors (Lipinski definition) is 5. The smallest absolute Gasteiger partial charge is 0.257 e. The van der Waals surface area contributed by atoms with Crippen LogP contribution < -0.4 is 10.1 Å². The lowest BCUT2D eigenvalue weighted by Gasteiger charge is -2.45. The fourth-order valence-corrected chi connectivity index (χ4v) is 6.18. The fraction of sp³-hybridized carbons (Fsp3) is 0.296. The van der Waals surface area contributed by atoms with E-state index in [1.54, 1.807) is 25.3 Å². The number of pyridine rings is 1. The lowest BCUT2D eigenvalue weighted by atomic mass is 9.67. The summed E-state index contributed by atoms with van der Waals surface area (Å²) in [5.41, 5.74) is 4.36. The second-order valence-corrected chi connectivity index (χ2v) is 9.95. The zero-order chi connectivity index (χ0) is 23.9. The highest BCUT2D eigenvalue weighted by Crippen LogP contribution is 2.50. The molecule has 1 aliphatic heterocycles. The van der Waals surface area contributed by atoms with Crippen LogP contribution in [-0.4, -0.2) is 28.9 Å².